The highest BCUT2D eigenvalue weighted by Gasteiger charge is 2.10. The van der Waals surface area contributed by atoms with Gasteiger partial charge in [-0.15, -0.1) is 11.5 Å². The van der Waals surface area contributed by atoms with Crippen LogP contribution in [0.15, 0.2) is 18.2 Å². The number of carboxylic acids is 1. The number of carboxylic acid groups (broad SMARTS) is 1. The summed E-state index contributed by atoms with van der Waals surface area (Å²) in [5.41, 5.74) is 5.49. The summed E-state index contributed by atoms with van der Waals surface area (Å²) < 4.78 is 0. The van der Waals surface area contributed by atoms with Gasteiger partial charge in [0.2, 0.25) is 0 Å². The maximum absolute atomic E-state index is 11.0. The van der Waals surface area contributed by atoms with Crippen LogP contribution in [-0.4, -0.2) is 19.1 Å². The topological polar surface area (TPSA) is 37.3 Å². The lowest BCUT2D eigenvalue weighted by molar-refractivity contribution is 0.0696. The van der Waals surface area contributed by atoms with Gasteiger partial charge in [0.1, 0.15) is 8.07 Å². The Bertz CT molecular complexity index is 487. The summed E-state index contributed by atoms with van der Waals surface area (Å²) in [4.78, 5) is 11.0. The number of carbonyl (C=O) groups is 1. The quantitative estimate of drug-likeness (QED) is 0.643. The van der Waals surface area contributed by atoms with Gasteiger partial charge in [-0.25, -0.2) is 4.79 Å². The van der Waals surface area contributed by atoms with Crippen LogP contribution < -0.4 is 0 Å². The molecule has 0 aromatic heterocycles. The first kappa shape index (κ1) is 13.5. The standard InChI is InChI=1S/C14H18O2Si/c1-11-12(8-6-10-17(2,3)4)7-5-9-13(11)14(15)16/h5,7,9H,8H2,1-4H3,(H,15,16). The molecule has 0 radical (unpaired) electrons. The van der Waals surface area contributed by atoms with Gasteiger partial charge in [-0.2, -0.15) is 0 Å². The Labute approximate surface area is 104 Å². The molecular formula is C14H18O2Si. The predicted molar refractivity (Wildman–Crippen MR) is 73.0 cm³/mol. The van der Waals surface area contributed by atoms with Crippen molar-refractivity contribution < 1.29 is 9.90 Å². The van der Waals surface area contributed by atoms with Gasteiger partial charge >= 0.3 is 5.97 Å². The van der Waals surface area contributed by atoms with Gasteiger partial charge in [0.25, 0.3) is 0 Å². The molecule has 1 aromatic rings. The fourth-order valence-corrected chi connectivity index (χ4v) is 2.13. The average molecular weight is 246 g/mol. The lowest BCUT2D eigenvalue weighted by Crippen LogP contribution is -2.16. The Kier molecular flexibility index (Phi) is 4.14. The molecule has 1 rings (SSSR count). The van der Waals surface area contributed by atoms with E-state index in [1.54, 1.807) is 12.1 Å². The van der Waals surface area contributed by atoms with Crippen LogP contribution in [0, 0.1) is 18.4 Å². The predicted octanol–water partition coefficient (Wildman–Crippen LogP) is 3.12. The first-order chi connectivity index (χ1) is 7.81. The third-order valence-corrected chi connectivity index (χ3v) is 3.35. The second-order valence-corrected chi connectivity index (χ2v) is 9.87. The van der Waals surface area contributed by atoms with Gasteiger partial charge in [-0.05, 0) is 24.1 Å². The van der Waals surface area contributed by atoms with Crippen molar-refractivity contribution in [2.24, 2.45) is 0 Å². The van der Waals surface area contributed by atoms with Crippen LogP contribution in [0.5, 0.6) is 0 Å². The molecule has 0 spiro atoms. The van der Waals surface area contributed by atoms with E-state index in [0.29, 0.717) is 12.0 Å². The zero-order chi connectivity index (χ0) is 13.1. The summed E-state index contributed by atoms with van der Waals surface area (Å²) in [6, 6.07) is 5.36. The summed E-state index contributed by atoms with van der Waals surface area (Å²) in [7, 11) is -1.34. The molecule has 0 bridgehead atoms. The van der Waals surface area contributed by atoms with Crippen molar-refractivity contribution in [1.82, 2.24) is 0 Å². The zero-order valence-corrected chi connectivity index (χ0v) is 11.8. The van der Waals surface area contributed by atoms with E-state index < -0.39 is 14.0 Å². The number of hydrogen-bond donors (Lipinski definition) is 1. The third kappa shape index (κ3) is 4.08. The molecule has 3 heteroatoms. The highest BCUT2D eigenvalue weighted by Crippen LogP contribution is 2.14. The lowest BCUT2D eigenvalue weighted by Gasteiger charge is -2.06. The van der Waals surface area contributed by atoms with Crippen molar-refractivity contribution in [2.45, 2.75) is 33.0 Å². The first-order valence-corrected chi connectivity index (χ1v) is 9.13. The van der Waals surface area contributed by atoms with Gasteiger partial charge in [0.15, 0.2) is 0 Å². The fourth-order valence-electron chi connectivity index (χ4n) is 1.51. The normalized spacial score (nSPS) is 10.6. The van der Waals surface area contributed by atoms with E-state index in [1.165, 1.54) is 0 Å². The van der Waals surface area contributed by atoms with Crippen LogP contribution in [0.2, 0.25) is 19.6 Å². The van der Waals surface area contributed by atoms with Gasteiger partial charge < -0.3 is 5.11 Å². The molecule has 0 heterocycles. The molecule has 2 nitrogen and oxygen atoms in total. The fraction of sp³-hybridized carbons (Fsp3) is 0.357. The summed E-state index contributed by atoms with van der Waals surface area (Å²) in [6.45, 7) is 8.43. The van der Waals surface area contributed by atoms with Gasteiger partial charge in [-0.1, -0.05) is 31.8 Å². The van der Waals surface area contributed by atoms with Crippen LogP contribution in [0.4, 0.5) is 0 Å². The first-order valence-electron chi connectivity index (χ1n) is 5.63. The third-order valence-electron chi connectivity index (χ3n) is 2.42. The Morgan fingerprint density at radius 3 is 2.53 bits per heavy atom. The van der Waals surface area contributed by atoms with Crippen molar-refractivity contribution in [2.75, 3.05) is 0 Å². The highest BCUT2D eigenvalue weighted by atomic mass is 28.3. The summed E-state index contributed by atoms with van der Waals surface area (Å²) in [5.74, 6) is 2.29. The Morgan fingerprint density at radius 2 is 2.00 bits per heavy atom. The van der Waals surface area contributed by atoms with Crippen LogP contribution in [-0.2, 0) is 6.42 Å². The van der Waals surface area contributed by atoms with Crippen LogP contribution in [0.25, 0.3) is 0 Å². The molecule has 0 amide bonds. The Morgan fingerprint density at radius 1 is 1.35 bits per heavy atom. The molecule has 1 N–H and O–H groups in total. The van der Waals surface area contributed by atoms with E-state index in [2.05, 4.69) is 31.1 Å². The van der Waals surface area contributed by atoms with Gasteiger partial charge in [0.05, 0.1) is 5.56 Å². The maximum Gasteiger partial charge on any atom is 0.335 e. The van der Waals surface area contributed by atoms with Crippen molar-refractivity contribution in [3.63, 3.8) is 0 Å². The van der Waals surface area contributed by atoms with E-state index in [9.17, 15) is 4.79 Å². The molecule has 0 aliphatic rings. The summed E-state index contributed by atoms with van der Waals surface area (Å²) in [6.07, 6.45) is 0.636. The van der Waals surface area contributed by atoms with E-state index in [-0.39, 0.29) is 0 Å². The molecule has 0 unspecified atom stereocenters. The average Bonchev–Trinajstić information content (AvgIpc) is 2.18. The van der Waals surface area contributed by atoms with E-state index in [4.69, 9.17) is 5.11 Å². The number of benzene rings is 1. The molecule has 0 aliphatic carbocycles. The molecule has 0 fully saturated rings. The summed E-state index contributed by atoms with van der Waals surface area (Å²) >= 11 is 0. The molecular weight excluding hydrogens is 228 g/mol. The summed E-state index contributed by atoms with van der Waals surface area (Å²) in [5, 5.41) is 9.02. The number of aromatic carboxylic acids is 1. The second-order valence-electron chi connectivity index (χ2n) is 5.12. The molecule has 90 valence electrons. The largest absolute Gasteiger partial charge is 0.478 e. The van der Waals surface area contributed by atoms with E-state index in [1.807, 2.05) is 13.0 Å². The highest BCUT2D eigenvalue weighted by molar-refractivity contribution is 6.83. The lowest BCUT2D eigenvalue weighted by atomic mass is 10.0. The molecule has 1 aromatic carbocycles. The van der Waals surface area contributed by atoms with Crippen LogP contribution >= 0.6 is 0 Å². The molecule has 0 aliphatic heterocycles. The minimum atomic E-state index is -1.34. The second kappa shape index (κ2) is 5.20. The smallest absolute Gasteiger partial charge is 0.335 e. The Hall–Kier alpha value is -1.53. The SMILES string of the molecule is Cc1c(CC#C[Si](C)(C)C)cccc1C(=O)O. The Balaban J connectivity index is 2.96. The van der Waals surface area contributed by atoms with Crippen molar-refractivity contribution in [1.29, 1.82) is 0 Å². The van der Waals surface area contributed by atoms with Gasteiger partial charge in [-0.3, -0.25) is 0 Å². The minimum Gasteiger partial charge on any atom is -0.478 e. The molecule has 0 saturated heterocycles. The van der Waals surface area contributed by atoms with Crippen molar-refractivity contribution >= 4 is 14.0 Å². The van der Waals surface area contributed by atoms with Crippen molar-refractivity contribution in [3.8, 4) is 11.5 Å². The maximum atomic E-state index is 11.0. The van der Waals surface area contributed by atoms with E-state index in [0.717, 1.165) is 11.1 Å². The van der Waals surface area contributed by atoms with Crippen LogP contribution in [0.1, 0.15) is 21.5 Å². The molecule has 0 atom stereocenters. The zero-order valence-electron chi connectivity index (χ0n) is 10.8. The van der Waals surface area contributed by atoms with E-state index >= 15 is 0 Å². The number of hydrogen-bond acceptors (Lipinski definition) is 1. The molecule has 0 saturated carbocycles. The minimum absolute atomic E-state index is 0.373. The molecule has 17 heavy (non-hydrogen) atoms. The number of rotatable bonds is 2. The van der Waals surface area contributed by atoms with Gasteiger partial charge in [0, 0.05) is 6.42 Å². The van der Waals surface area contributed by atoms with Crippen LogP contribution in [0.3, 0.4) is 0 Å². The van der Waals surface area contributed by atoms with Crippen molar-refractivity contribution in [3.05, 3.63) is 34.9 Å². The monoisotopic (exact) mass is 246 g/mol.